The summed E-state index contributed by atoms with van der Waals surface area (Å²) in [6.45, 7) is 15.4. The lowest BCUT2D eigenvalue weighted by Crippen LogP contribution is -2.48. The fourth-order valence-electron chi connectivity index (χ4n) is 3.84. The van der Waals surface area contributed by atoms with E-state index in [1.807, 2.05) is 0 Å². The Hall–Kier alpha value is -4.03. The molecule has 0 aliphatic carbocycles. The number of hydrazine groups is 1. The number of piperidine rings is 1. The van der Waals surface area contributed by atoms with Gasteiger partial charge in [0.1, 0.15) is 16.8 Å². The Bertz CT molecular complexity index is 1170. The number of carbonyl (C=O) groups is 5. The molecule has 1 fully saturated rings. The fourth-order valence-corrected chi connectivity index (χ4v) is 3.84. The molecule has 13 heteroatoms. The lowest BCUT2D eigenvalue weighted by molar-refractivity contribution is -0.158. The molecule has 0 spiro atoms. The van der Waals surface area contributed by atoms with Gasteiger partial charge in [-0.05, 0) is 93.4 Å². The Morgan fingerprint density at radius 1 is 0.721 bits per heavy atom. The van der Waals surface area contributed by atoms with Crippen LogP contribution in [0.4, 0.5) is 4.79 Å². The second-order valence-corrected chi connectivity index (χ2v) is 13.1. The molecule has 43 heavy (non-hydrogen) atoms. The first-order valence-electron chi connectivity index (χ1n) is 14.1. The van der Waals surface area contributed by atoms with Gasteiger partial charge in [-0.15, -0.1) is 0 Å². The van der Waals surface area contributed by atoms with Gasteiger partial charge in [0.25, 0.3) is 5.91 Å². The number of likely N-dealkylation sites (tertiary alicyclic amines) is 1. The average molecular weight is 608 g/mol. The van der Waals surface area contributed by atoms with Gasteiger partial charge in [0.2, 0.25) is 5.91 Å². The second kappa shape index (κ2) is 14.4. The molecule has 1 aromatic rings. The van der Waals surface area contributed by atoms with Crippen LogP contribution in [0.15, 0.2) is 18.2 Å². The lowest BCUT2D eigenvalue weighted by Gasteiger charge is -2.32. The van der Waals surface area contributed by atoms with E-state index in [2.05, 4.69) is 10.9 Å². The third-order valence-electron chi connectivity index (χ3n) is 5.55. The van der Waals surface area contributed by atoms with Gasteiger partial charge in [0, 0.05) is 24.6 Å². The third-order valence-corrected chi connectivity index (χ3v) is 5.55. The van der Waals surface area contributed by atoms with E-state index in [0.29, 0.717) is 25.9 Å². The monoisotopic (exact) mass is 607 g/mol. The van der Waals surface area contributed by atoms with Crippen LogP contribution in [-0.4, -0.2) is 77.9 Å². The minimum absolute atomic E-state index is 0.00269. The molecular formula is C30H45N3O10. The van der Waals surface area contributed by atoms with Crippen LogP contribution in [0.3, 0.4) is 0 Å². The van der Waals surface area contributed by atoms with Crippen LogP contribution in [0.5, 0.6) is 11.5 Å². The topological polar surface area (TPSA) is 159 Å². The molecule has 1 aliphatic rings. The lowest BCUT2D eigenvalue weighted by atomic mass is 9.96. The number of carbonyl (C=O) groups excluding carboxylic acids is 5. The number of hydrogen-bond donors (Lipinski definition) is 2. The first-order valence-corrected chi connectivity index (χ1v) is 14.1. The molecule has 1 aliphatic heterocycles. The van der Waals surface area contributed by atoms with Crippen LogP contribution in [0, 0.1) is 5.92 Å². The van der Waals surface area contributed by atoms with Gasteiger partial charge in [-0.3, -0.25) is 20.4 Å². The van der Waals surface area contributed by atoms with Gasteiger partial charge < -0.3 is 28.6 Å². The summed E-state index contributed by atoms with van der Waals surface area (Å²) in [5.74, 6) is -2.63. The molecule has 0 radical (unpaired) electrons. The van der Waals surface area contributed by atoms with Crippen LogP contribution < -0.4 is 20.3 Å². The van der Waals surface area contributed by atoms with Gasteiger partial charge in [0.05, 0.1) is 0 Å². The Kier molecular flexibility index (Phi) is 11.8. The number of rotatable bonds is 8. The minimum atomic E-state index is -0.733. The highest BCUT2D eigenvalue weighted by molar-refractivity contribution is 5.96. The highest BCUT2D eigenvalue weighted by atomic mass is 16.6. The Morgan fingerprint density at radius 2 is 1.21 bits per heavy atom. The molecule has 1 saturated heterocycles. The summed E-state index contributed by atoms with van der Waals surface area (Å²) < 4.78 is 27.0. The van der Waals surface area contributed by atoms with Crippen LogP contribution in [0.1, 0.15) is 85.5 Å². The largest absolute Gasteiger partial charge is 0.478 e. The smallest absolute Gasteiger partial charge is 0.410 e. The number of amides is 3. The number of nitrogens with one attached hydrogen (secondary N) is 2. The van der Waals surface area contributed by atoms with Crippen LogP contribution in [-0.2, 0) is 28.6 Å². The van der Waals surface area contributed by atoms with Gasteiger partial charge in [-0.2, -0.15) is 0 Å². The fraction of sp³-hybridized carbons (Fsp3) is 0.633. The van der Waals surface area contributed by atoms with E-state index in [1.54, 1.807) is 67.2 Å². The summed E-state index contributed by atoms with van der Waals surface area (Å²) >= 11 is 0. The molecule has 13 nitrogen and oxygen atoms in total. The van der Waals surface area contributed by atoms with Crippen LogP contribution in [0.2, 0.25) is 0 Å². The van der Waals surface area contributed by atoms with Crippen molar-refractivity contribution < 1.29 is 47.7 Å². The molecule has 240 valence electrons. The summed E-state index contributed by atoms with van der Waals surface area (Å²) in [4.78, 5) is 63.7. The molecule has 3 amide bonds. The Morgan fingerprint density at radius 3 is 1.70 bits per heavy atom. The molecule has 0 aromatic heterocycles. The molecule has 0 bridgehead atoms. The molecule has 2 N–H and O–H groups in total. The molecule has 1 heterocycles. The van der Waals surface area contributed by atoms with Crippen molar-refractivity contribution in [1.82, 2.24) is 15.8 Å². The molecule has 1 aromatic carbocycles. The van der Waals surface area contributed by atoms with E-state index in [1.165, 1.54) is 18.2 Å². The maximum Gasteiger partial charge on any atom is 0.410 e. The standard InChI is InChI=1S/C30H45N3O10/c1-28(2,3)41-23(34)17-39-21-11-10-20(16-22(21)40-18-24(35)42-29(4,5)6)26(37)32-31-25(36)19-12-14-33(15-13-19)27(38)43-30(7,8)9/h10-11,16,19H,12-15,17-18H2,1-9H3,(H,31,36)(H,32,37). The molecule has 0 atom stereocenters. The Balaban J connectivity index is 2.02. The van der Waals surface area contributed by atoms with E-state index in [0.717, 1.165) is 0 Å². The number of esters is 2. The zero-order valence-corrected chi connectivity index (χ0v) is 26.6. The van der Waals surface area contributed by atoms with Crippen molar-refractivity contribution >= 4 is 29.8 Å². The molecule has 0 saturated carbocycles. The molecular weight excluding hydrogens is 562 g/mol. The highest BCUT2D eigenvalue weighted by Crippen LogP contribution is 2.29. The first kappa shape index (κ1) is 35.2. The van der Waals surface area contributed by atoms with E-state index >= 15 is 0 Å². The van der Waals surface area contributed by atoms with Crippen molar-refractivity contribution in [2.75, 3.05) is 26.3 Å². The maximum absolute atomic E-state index is 12.9. The summed E-state index contributed by atoms with van der Waals surface area (Å²) in [6.07, 6.45) is 0.392. The Labute approximate surface area is 252 Å². The molecule has 2 rings (SSSR count). The van der Waals surface area contributed by atoms with Gasteiger partial charge >= 0.3 is 18.0 Å². The second-order valence-electron chi connectivity index (χ2n) is 13.1. The SMILES string of the molecule is CC(C)(C)OC(=O)COc1ccc(C(=O)NNC(=O)C2CCN(C(=O)OC(C)(C)C)CC2)cc1OCC(=O)OC(C)(C)C. The van der Waals surface area contributed by atoms with Gasteiger partial charge in [-0.1, -0.05) is 0 Å². The van der Waals surface area contributed by atoms with Crippen LogP contribution in [0.25, 0.3) is 0 Å². The highest BCUT2D eigenvalue weighted by Gasteiger charge is 2.30. The van der Waals surface area contributed by atoms with E-state index in [4.69, 9.17) is 23.7 Å². The first-order chi connectivity index (χ1) is 19.7. The van der Waals surface area contributed by atoms with Crippen molar-refractivity contribution in [1.29, 1.82) is 0 Å². The third kappa shape index (κ3) is 13.2. The van der Waals surface area contributed by atoms with E-state index in [-0.39, 0.29) is 17.1 Å². The summed E-state index contributed by atoms with van der Waals surface area (Å²) in [6, 6.07) is 4.12. The quantitative estimate of drug-likeness (QED) is 0.254. The van der Waals surface area contributed by atoms with Crippen molar-refractivity contribution in [3.05, 3.63) is 23.8 Å². The van der Waals surface area contributed by atoms with Crippen molar-refractivity contribution in [2.45, 2.75) is 92.0 Å². The summed E-state index contributed by atoms with van der Waals surface area (Å²) in [5.41, 5.74) is 2.83. The van der Waals surface area contributed by atoms with Crippen molar-refractivity contribution in [3.63, 3.8) is 0 Å². The van der Waals surface area contributed by atoms with Gasteiger partial charge in [-0.25, -0.2) is 14.4 Å². The zero-order valence-electron chi connectivity index (χ0n) is 26.6. The van der Waals surface area contributed by atoms with Crippen LogP contribution >= 0.6 is 0 Å². The maximum atomic E-state index is 12.9. The van der Waals surface area contributed by atoms with E-state index < -0.39 is 65.8 Å². The normalized spacial score (nSPS) is 14.3. The zero-order chi connectivity index (χ0) is 32.6. The number of ether oxygens (including phenoxy) is 5. The predicted molar refractivity (Wildman–Crippen MR) is 155 cm³/mol. The predicted octanol–water partition coefficient (Wildman–Crippen LogP) is 3.54. The number of nitrogens with zero attached hydrogens (tertiary/aromatic N) is 1. The molecule has 0 unspecified atom stereocenters. The summed E-state index contributed by atoms with van der Waals surface area (Å²) in [7, 11) is 0. The van der Waals surface area contributed by atoms with Gasteiger partial charge in [0.15, 0.2) is 24.7 Å². The average Bonchev–Trinajstić information content (AvgIpc) is 2.86. The van der Waals surface area contributed by atoms with Crippen molar-refractivity contribution in [2.24, 2.45) is 5.92 Å². The van der Waals surface area contributed by atoms with Crippen molar-refractivity contribution in [3.8, 4) is 11.5 Å². The summed E-state index contributed by atoms with van der Waals surface area (Å²) in [5, 5.41) is 0. The van der Waals surface area contributed by atoms with E-state index in [9.17, 15) is 24.0 Å². The minimum Gasteiger partial charge on any atom is -0.478 e. The number of hydrogen-bond acceptors (Lipinski definition) is 10. The number of benzene rings is 1.